The molecular formula is C26H24FN5O3. The summed E-state index contributed by atoms with van der Waals surface area (Å²) in [5, 5.41) is 15.5. The van der Waals surface area contributed by atoms with Gasteiger partial charge in [-0.3, -0.25) is 4.79 Å². The van der Waals surface area contributed by atoms with Crippen LogP contribution in [0.4, 0.5) is 4.39 Å². The number of rotatable bonds is 6. The summed E-state index contributed by atoms with van der Waals surface area (Å²) in [6.07, 6.45) is 0.135. The maximum atomic E-state index is 14.3. The number of aryl methyl sites for hydroxylation is 2. The van der Waals surface area contributed by atoms with E-state index < -0.39 is 0 Å². The molecule has 2 aromatic carbocycles. The van der Waals surface area contributed by atoms with Crippen molar-refractivity contribution in [2.75, 3.05) is 13.7 Å². The van der Waals surface area contributed by atoms with Gasteiger partial charge in [-0.15, -0.1) is 10.2 Å². The third kappa shape index (κ3) is 4.57. The van der Waals surface area contributed by atoms with Gasteiger partial charge in [-0.2, -0.15) is 5.10 Å². The molecule has 0 unspecified atom stereocenters. The lowest BCUT2D eigenvalue weighted by Crippen LogP contribution is -2.34. The average Bonchev–Trinajstić information content (AvgIpc) is 3.43. The number of methoxy groups -OCH3 is 1. The van der Waals surface area contributed by atoms with E-state index in [1.807, 2.05) is 32.0 Å². The van der Waals surface area contributed by atoms with Crippen LogP contribution in [0.2, 0.25) is 0 Å². The van der Waals surface area contributed by atoms with Crippen LogP contribution in [-0.4, -0.2) is 45.6 Å². The third-order valence-electron chi connectivity index (χ3n) is 5.84. The molecule has 0 bridgehead atoms. The summed E-state index contributed by atoms with van der Waals surface area (Å²) < 4.78 is 27.3. The number of carbonyl (C=O) groups excluding carboxylic acids is 1. The number of hydrogen-bond donors (Lipinski definition) is 1. The molecule has 35 heavy (non-hydrogen) atoms. The molecule has 0 aliphatic carbocycles. The summed E-state index contributed by atoms with van der Waals surface area (Å²) in [4.78, 5) is 12.9. The number of halogens is 1. The molecule has 0 spiro atoms. The standard InChI is InChI=1S/C26H24FN5O3/c1-15-9-16(2)32(31-15)20-6-4-5-17(11-20)26(33)28-14-21-12-18-10-19(27)13-22(25(18)35-21)23-7-8-24(34-3)30-29-23/h4-11,13,21H,12,14H2,1-3H3,(H,28,33)/t21-/m0/s1. The normalized spacial score (nSPS) is 14.3. The first-order valence-electron chi connectivity index (χ1n) is 11.2. The first-order chi connectivity index (χ1) is 16.9. The van der Waals surface area contributed by atoms with Crippen LogP contribution in [0.5, 0.6) is 11.6 Å². The number of nitrogens with zero attached hydrogens (tertiary/aromatic N) is 4. The van der Waals surface area contributed by atoms with Gasteiger partial charge in [-0.05, 0) is 56.3 Å². The van der Waals surface area contributed by atoms with Crippen molar-refractivity contribution in [1.29, 1.82) is 0 Å². The Morgan fingerprint density at radius 3 is 2.74 bits per heavy atom. The van der Waals surface area contributed by atoms with Crippen LogP contribution < -0.4 is 14.8 Å². The number of carbonyl (C=O) groups is 1. The SMILES string of the molecule is COc1ccc(-c2cc(F)cc3c2O[C@H](CNC(=O)c2cccc(-n4nc(C)cc4C)c2)C3)nn1. The number of ether oxygens (including phenoxy) is 2. The van der Waals surface area contributed by atoms with Crippen LogP contribution in [0.15, 0.2) is 54.6 Å². The monoisotopic (exact) mass is 473 g/mol. The highest BCUT2D eigenvalue weighted by atomic mass is 19.1. The Hall–Kier alpha value is -4.27. The summed E-state index contributed by atoms with van der Waals surface area (Å²) in [7, 11) is 1.50. The second-order valence-electron chi connectivity index (χ2n) is 8.45. The Labute approximate surface area is 201 Å². The maximum Gasteiger partial charge on any atom is 0.251 e. The van der Waals surface area contributed by atoms with Gasteiger partial charge >= 0.3 is 0 Å². The highest BCUT2D eigenvalue weighted by Crippen LogP contribution is 2.39. The van der Waals surface area contributed by atoms with Crippen molar-refractivity contribution in [3.63, 3.8) is 0 Å². The van der Waals surface area contributed by atoms with Gasteiger partial charge in [-0.25, -0.2) is 9.07 Å². The first kappa shape index (κ1) is 22.5. The lowest BCUT2D eigenvalue weighted by molar-refractivity contribution is 0.0933. The summed E-state index contributed by atoms with van der Waals surface area (Å²) in [6.45, 7) is 4.17. The summed E-state index contributed by atoms with van der Waals surface area (Å²) >= 11 is 0. The van der Waals surface area contributed by atoms with E-state index in [-0.39, 0.29) is 24.4 Å². The van der Waals surface area contributed by atoms with Gasteiger partial charge in [0.15, 0.2) is 0 Å². The Kier molecular flexibility index (Phi) is 5.90. The number of aromatic nitrogens is 4. The van der Waals surface area contributed by atoms with E-state index in [1.54, 1.807) is 28.9 Å². The molecule has 5 rings (SSSR count). The highest BCUT2D eigenvalue weighted by molar-refractivity contribution is 5.94. The zero-order valence-corrected chi connectivity index (χ0v) is 19.6. The minimum Gasteiger partial charge on any atom is -0.487 e. The van der Waals surface area contributed by atoms with Crippen molar-refractivity contribution >= 4 is 5.91 Å². The molecule has 178 valence electrons. The second-order valence-corrected chi connectivity index (χ2v) is 8.45. The number of fused-ring (bicyclic) bond motifs is 1. The zero-order valence-electron chi connectivity index (χ0n) is 19.6. The van der Waals surface area contributed by atoms with Crippen molar-refractivity contribution in [2.45, 2.75) is 26.4 Å². The molecular weight excluding hydrogens is 449 g/mol. The molecule has 1 amide bonds. The smallest absolute Gasteiger partial charge is 0.251 e. The maximum absolute atomic E-state index is 14.3. The quantitative estimate of drug-likeness (QED) is 0.458. The molecule has 1 N–H and O–H groups in total. The lowest BCUT2D eigenvalue weighted by Gasteiger charge is -2.14. The lowest BCUT2D eigenvalue weighted by atomic mass is 10.0. The van der Waals surface area contributed by atoms with Crippen molar-refractivity contribution in [1.82, 2.24) is 25.3 Å². The number of nitrogens with one attached hydrogen (secondary N) is 1. The Morgan fingerprint density at radius 1 is 1.17 bits per heavy atom. The number of hydrogen-bond acceptors (Lipinski definition) is 6. The Balaban J connectivity index is 1.29. The summed E-state index contributed by atoms with van der Waals surface area (Å²) in [5.41, 5.74) is 4.95. The fraction of sp³-hybridized carbons (Fsp3) is 0.231. The van der Waals surface area contributed by atoms with Gasteiger partial charge in [0.25, 0.3) is 5.91 Å². The largest absolute Gasteiger partial charge is 0.487 e. The van der Waals surface area contributed by atoms with Gasteiger partial charge in [-0.1, -0.05) is 6.07 Å². The van der Waals surface area contributed by atoms with Crippen molar-refractivity contribution in [2.24, 2.45) is 0 Å². The second kappa shape index (κ2) is 9.17. The van der Waals surface area contributed by atoms with E-state index in [9.17, 15) is 9.18 Å². The van der Waals surface area contributed by atoms with Crippen LogP contribution in [0, 0.1) is 19.7 Å². The number of amides is 1. The van der Waals surface area contributed by atoms with Gasteiger partial charge in [0.2, 0.25) is 5.88 Å². The van der Waals surface area contributed by atoms with Crippen LogP contribution in [-0.2, 0) is 6.42 Å². The average molecular weight is 474 g/mol. The van der Waals surface area contributed by atoms with E-state index in [0.29, 0.717) is 34.9 Å². The molecule has 0 saturated carbocycles. The van der Waals surface area contributed by atoms with Crippen LogP contribution in [0.1, 0.15) is 27.3 Å². The molecule has 0 radical (unpaired) electrons. The molecule has 3 heterocycles. The summed E-state index contributed by atoms with van der Waals surface area (Å²) in [5.74, 6) is 0.313. The van der Waals surface area contributed by atoms with Gasteiger partial charge < -0.3 is 14.8 Å². The topological polar surface area (TPSA) is 91.2 Å². The number of benzene rings is 2. The van der Waals surface area contributed by atoms with Crippen molar-refractivity contribution < 1.29 is 18.7 Å². The Bertz CT molecular complexity index is 1400. The van der Waals surface area contributed by atoms with E-state index in [0.717, 1.165) is 22.6 Å². The van der Waals surface area contributed by atoms with Crippen LogP contribution in [0.3, 0.4) is 0 Å². The summed E-state index contributed by atoms with van der Waals surface area (Å²) in [6, 6.07) is 15.5. The predicted octanol–water partition coefficient (Wildman–Crippen LogP) is 3.83. The molecule has 9 heteroatoms. The van der Waals surface area contributed by atoms with Crippen LogP contribution in [0.25, 0.3) is 16.9 Å². The molecule has 0 fully saturated rings. The molecule has 1 aliphatic heterocycles. The van der Waals surface area contributed by atoms with Gasteiger partial charge in [0.05, 0.1) is 30.7 Å². The van der Waals surface area contributed by atoms with Crippen LogP contribution >= 0.6 is 0 Å². The fourth-order valence-electron chi connectivity index (χ4n) is 4.25. The third-order valence-corrected chi connectivity index (χ3v) is 5.84. The Morgan fingerprint density at radius 2 is 2.03 bits per heavy atom. The molecule has 4 aromatic rings. The van der Waals surface area contributed by atoms with Gasteiger partial charge in [0, 0.05) is 34.9 Å². The van der Waals surface area contributed by atoms with E-state index >= 15 is 0 Å². The molecule has 0 saturated heterocycles. The van der Waals surface area contributed by atoms with Gasteiger partial charge in [0.1, 0.15) is 17.7 Å². The first-order valence-corrected chi connectivity index (χ1v) is 11.2. The predicted molar refractivity (Wildman–Crippen MR) is 127 cm³/mol. The van der Waals surface area contributed by atoms with E-state index in [2.05, 4.69) is 20.6 Å². The molecule has 1 atom stereocenters. The molecule has 8 nitrogen and oxygen atoms in total. The molecule has 2 aromatic heterocycles. The minimum atomic E-state index is -0.384. The van der Waals surface area contributed by atoms with E-state index in [1.165, 1.54) is 19.2 Å². The highest BCUT2D eigenvalue weighted by Gasteiger charge is 2.28. The molecule has 1 aliphatic rings. The van der Waals surface area contributed by atoms with Crippen molar-refractivity contribution in [3.8, 4) is 28.6 Å². The van der Waals surface area contributed by atoms with E-state index in [4.69, 9.17) is 9.47 Å². The minimum absolute atomic E-state index is 0.222. The van der Waals surface area contributed by atoms with Crippen molar-refractivity contribution in [3.05, 3.63) is 82.9 Å². The zero-order chi connectivity index (χ0) is 24.5. The fourth-order valence-corrected chi connectivity index (χ4v) is 4.25.